The third-order valence-electron chi connectivity index (χ3n) is 5.78. The van der Waals surface area contributed by atoms with Crippen molar-refractivity contribution in [2.45, 2.75) is 13.8 Å². The molecular weight excluding hydrogens is 414 g/mol. The number of aryl methyl sites for hydroxylation is 1. The van der Waals surface area contributed by atoms with Crippen molar-refractivity contribution >= 4 is 46.4 Å². The number of benzene rings is 3. The molecule has 0 N–H and O–H groups in total. The van der Waals surface area contributed by atoms with Gasteiger partial charge in [-0.2, -0.15) is 0 Å². The highest BCUT2D eigenvalue weighted by atomic mass is 32.1. The molecule has 3 aromatic carbocycles. The van der Waals surface area contributed by atoms with Crippen LogP contribution in [0.2, 0.25) is 0 Å². The highest BCUT2D eigenvalue weighted by Crippen LogP contribution is 2.39. The molecule has 0 saturated carbocycles. The summed E-state index contributed by atoms with van der Waals surface area (Å²) in [6, 6.07) is 25.8. The second kappa shape index (κ2) is 8.09. The Balaban J connectivity index is 1.73. The number of thiocarbonyl (C=S) groups is 1. The summed E-state index contributed by atoms with van der Waals surface area (Å²) < 4.78 is 0. The minimum Gasteiger partial charge on any atom is -0.339 e. The first-order valence-electron chi connectivity index (χ1n) is 10.7. The van der Waals surface area contributed by atoms with Crippen LogP contribution < -0.4 is 14.7 Å². The van der Waals surface area contributed by atoms with E-state index in [-0.39, 0.29) is 5.91 Å². The van der Waals surface area contributed by atoms with Crippen LogP contribution in [0.25, 0.3) is 6.08 Å². The van der Waals surface area contributed by atoms with Gasteiger partial charge in [0.15, 0.2) is 5.11 Å². The number of likely N-dealkylation sites (N-methyl/N-ethyl adjacent to an activating group) is 1. The van der Waals surface area contributed by atoms with Crippen LogP contribution in [0.4, 0.5) is 17.1 Å². The van der Waals surface area contributed by atoms with E-state index >= 15 is 0 Å². The predicted octanol–water partition coefficient (Wildman–Crippen LogP) is 5.90. The summed E-state index contributed by atoms with van der Waals surface area (Å²) in [5.41, 5.74) is 6.49. The third-order valence-corrected chi connectivity index (χ3v) is 6.15. The summed E-state index contributed by atoms with van der Waals surface area (Å²) >= 11 is 5.87. The number of carbonyl (C=O) groups is 1. The van der Waals surface area contributed by atoms with E-state index in [0.29, 0.717) is 10.8 Å². The Morgan fingerprint density at radius 2 is 1.44 bits per heavy atom. The molecule has 1 fully saturated rings. The van der Waals surface area contributed by atoms with E-state index in [1.807, 2.05) is 71.6 Å². The van der Waals surface area contributed by atoms with Gasteiger partial charge < -0.3 is 4.90 Å². The zero-order valence-corrected chi connectivity index (χ0v) is 18.8. The van der Waals surface area contributed by atoms with E-state index < -0.39 is 0 Å². The normalized spacial score (nSPS) is 17.9. The Labute approximate surface area is 193 Å². The molecule has 0 aliphatic carbocycles. The lowest BCUT2D eigenvalue weighted by atomic mass is 10.0. The summed E-state index contributed by atoms with van der Waals surface area (Å²) in [5, 5.41) is 0.453. The molecule has 1 amide bonds. The molecule has 0 spiro atoms. The number of anilines is 3. The van der Waals surface area contributed by atoms with Crippen LogP contribution >= 0.6 is 12.2 Å². The second-order valence-electron chi connectivity index (χ2n) is 7.80. The SMILES string of the molecule is CCN1C(=C2C(=O)N(c3ccccc3)C(=S)N2c2ccccc2)C=Cc2cc(C)ccc21. The molecular formula is C27H23N3OS. The molecule has 0 aromatic heterocycles. The van der Waals surface area contributed by atoms with Crippen LogP contribution in [0.15, 0.2) is 96.3 Å². The molecule has 4 nitrogen and oxygen atoms in total. The van der Waals surface area contributed by atoms with E-state index in [4.69, 9.17) is 12.2 Å². The van der Waals surface area contributed by atoms with Crippen LogP contribution in [0.3, 0.4) is 0 Å². The number of hydrogen-bond acceptors (Lipinski definition) is 3. The van der Waals surface area contributed by atoms with Crippen molar-refractivity contribution in [3.63, 3.8) is 0 Å². The fourth-order valence-electron chi connectivity index (χ4n) is 4.32. The molecule has 0 radical (unpaired) electrons. The van der Waals surface area contributed by atoms with Gasteiger partial charge in [-0.1, -0.05) is 54.1 Å². The molecule has 5 rings (SSSR count). The zero-order chi connectivity index (χ0) is 22.2. The lowest BCUT2D eigenvalue weighted by Crippen LogP contribution is -2.33. The maximum absolute atomic E-state index is 13.9. The summed E-state index contributed by atoms with van der Waals surface area (Å²) in [7, 11) is 0. The van der Waals surface area contributed by atoms with Crippen molar-refractivity contribution in [3.8, 4) is 0 Å². The van der Waals surface area contributed by atoms with Crippen LogP contribution in [0.1, 0.15) is 18.1 Å². The summed E-state index contributed by atoms with van der Waals surface area (Å²) in [6.07, 6.45) is 4.12. The molecule has 32 heavy (non-hydrogen) atoms. The van der Waals surface area contributed by atoms with Crippen LogP contribution in [-0.4, -0.2) is 17.6 Å². The molecule has 0 bridgehead atoms. The van der Waals surface area contributed by atoms with Gasteiger partial charge in [-0.15, -0.1) is 0 Å². The highest BCUT2D eigenvalue weighted by molar-refractivity contribution is 7.81. The number of hydrogen-bond donors (Lipinski definition) is 0. The fourth-order valence-corrected chi connectivity index (χ4v) is 4.70. The minimum atomic E-state index is -0.126. The minimum absolute atomic E-state index is 0.126. The lowest BCUT2D eigenvalue weighted by Gasteiger charge is -2.32. The quantitative estimate of drug-likeness (QED) is 0.377. The smallest absolute Gasteiger partial charge is 0.283 e. The Kier molecular flexibility index (Phi) is 5.11. The van der Waals surface area contributed by atoms with E-state index in [2.05, 4.69) is 43.0 Å². The number of nitrogens with zero attached hydrogens (tertiary/aromatic N) is 3. The van der Waals surface area contributed by atoms with Gasteiger partial charge in [0.05, 0.1) is 11.4 Å². The van der Waals surface area contributed by atoms with Crippen LogP contribution in [0, 0.1) is 6.92 Å². The third kappa shape index (κ3) is 3.22. The van der Waals surface area contributed by atoms with Crippen molar-refractivity contribution in [3.05, 3.63) is 107 Å². The van der Waals surface area contributed by atoms with Crippen LogP contribution in [0.5, 0.6) is 0 Å². The number of fused-ring (bicyclic) bond motifs is 1. The monoisotopic (exact) mass is 437 g/mol. The summed E-state index contributed by atoms with van der Waals surface area (Å²) in [6.45, 7) is 4.92. The molecule has 2 aliphatic heterocycles. The Hall–Kier alpha value is -3.70. The van der Waals surface area contributed by atoms with E-state index in [9.17, 15) is 4.79 Å². The number of amides is 1. The maximum atomic E-state index is 13.9. The van der Waals surface area contributed by atoms with Crippen molar-refractivity contribution in [1.82, 2.24) is 0 Å². The molecule has 0 atom stereocenters. The molecule has 0 unspecified atom stereocenters. The van der Waals surface area contributed by atoms with Crippen LogP contribution in [-0.2, 0) is 4.79 Å². The maximum Gasteiger partial charge on any atom is 0.283 e. The summed E-state index contributed by atoms with van der Waals surface area (Å²) in [5.74, 6) is -0.126. The molecule has 158 valence electrons. The lowest BCUT2D eigenvalue weighted by molar-refractivity contribution is -0.113. The van der Waals surface area contributed by atoms with Crippen molar-refractivity contribution in [1.29, 1.82) is 0 Å². The first-order chi connectivity index (χ1) is 15.6. The summed E-state index contributed by atoms with van der Waals surface area (Å²) in [4.78, 5) is 19.6. The number of rotatable bonds is 3. The van der Waals surface area contributed by atoms with Crippen molar-refractivity contribution in [2.75, 3.05) is 21.2 Å². The first-order valence-corrected chi connectivity index (χ1v) is 11.1. The molecule has 2 heterocycles. The average molecular weight is 438 g/mol. The Morgan fingerprint density at radius 1 is 0.812 bits per heavy atom. The van der Waals surface area contributed by atoms with Gasteiger partial charge in [-0.05, 0) is 74.1 Å². The standard InChI is InChI=1S/C27H23N3OS/c1-3-28-23-16-14-19(2)18-20(23)15-17-24(28)25-26(31)30(22-12-8-5-9-13-22)27(32)29(25)21-10-6-4-7-11-21/h4-18H,3H2,1-2H3. The van der Waals surface area contributed by atoms with Gasteiger partial charge in [0.2, 0.25) is 0 Å². The van der Waals surface area contributed by atoms with Gasteiger partial charge in [0.1, 0.15) is 5.70 Å². The topological polar surface area (TPSA) is 26.8 Å². The van der Waals surface area contributed by atoms with Gasteiger partial charge in [-0.3, -0.25) is 14.6 Å². The van der Waals surface area contributed by atoms with Crippen molar-refractivity contribution in [2.24, 2.45) is 0 Å². The number of allylic oxidation sites excluding steroid dienone is 1. The van der Waals surface area contributed by atoms with E-state index in [0.717, 1.165) is 34.9 Å². The van der Waals surface area contributed by atoms with Gasteiger partial charge in [0, 0.05) is 17.9 Å². The number of para-hydroxylation sites is 2. The van der Waals surface area contributed by atoms with Crippen molar-refractivity contribution < 1.29 is 4.79 Å². The Morgan fingerprint density at radius 3 is 2.06 bits per heavy atom. The van der Waals surface area contributed by atoms with Gasteiger partial charge in [-0.25, -0.2) is 0 Å². The second-order valence-corrected chi connectivity index (χ2v) is 8.17. The molecule has 2 aliphatic rings. The van der Waals surface area contributed by atoms with Gasteiger partial charge in [0.25, 0.3) is 5.91 Å². The average Bonchev–Trinajstić information content (AvgIpc) is 3.09. The largest absolute Gasteiger partial charge is 0.339 e. The molecule has 5 heteroatoms. The fraction of sp³-hybridized carbons (Fsp3) is 0.111. The first kappa shape index (κ1) is 20.2. The Bertz CT molecular complexity index is 1260. The number of carbonyl (C=O) groups excluding carboxylic acids is 1. The molecule has 3 aromatic rings. The highest BCUT2D eigenvalue weighted by Gasteiger charge is 2.43. The van der Waals surface area contributed by atoms with Gasteiger partial charge >= 0.3 is 0 Å². The van der Waals surface area contributed by atoms with E-state index in [1.165, 1.54) is 5.56 Å². The predicted molar refractivity (Wildman–Crippen MR) is 136 cm³/mol. The molecule has 1 saturated heterocycles. The van der Waals surface area contributed by atoms with E-state index in [1.54, 1.807) is 4.90 Å². The zero-order valence-electron chi connectivity index (χ0n) is 18.0.